The summed E-state index contributed by atoms with van der Waals surface area (Å²) in [6, 6.07) is 7.32. The van der Waals surface area contributed by atoms with Crippen LogP contribution in [0.25, 0.3) is 0 Å². The van der Waals surface area contributed by atoms with Crippen LogP contribution in [0.15, 0.2) is 29.3 Å². The lowest BCUT2D eigenvalue weighted by molar-refractivity contribution is -0.526. The summed E-state index contributed by atoms with van der Waals surface area (Å²) in [4.78, 5) is 34.6. The van der Waals surface area contributed by atoms with Crippen LogP contribution < -0.4 is 0 Å². The molecule has 2 aliphatic rings. The average molecular weight is 356 g/mol. The van der Waals surface area contributed by atoms with Crippen molar-refractivity contribution in [1.29, 1.82) is 0 Å². The van der Waals surface area contributed by atoms with Gasteiger partial charge in [0.05, 0.1) is 19.6 Å². The number of aryl methyl sites for hydroxylation is 1. The number of hydrogen-bond donors (Lipinski definition) is 0. The van der Waals surface area contributed by atoms with Crippen molar-refractivity contribution < 1.29 is 14.2 Å². The molecular formula is C19H26N5O2+. The lowest BCUT2D eigenvalue weighted by Gasteiger charge is -2.33. The smallest absolute Gasteiger partial charge is 0.270 e. The van der Waals surface area contributed by atoms with E-state index in [1.165, 1.54) is 22.4 Å². The number of imide groups is 1. The number of urea groups is 1. The first-order valence-corrected chi connectivity index (χ1v) is 8.96. The maximum absolute atomic E-state index is 12.9. The molecule has 138 valence electrons. The van der Waals surface area contributed by atoms with Crippen LogP contribution in [0.4, 0.5) is 4.79 Å². The van der Waals surface area contributed by atoms with Crippen LogP contribution in [0.3, 0.4) is 0 Å². The molecule has 2 aliphatic heterocycles. The third-order valence-electron chi connectivity index (χ3n) is 4.99. The minimum atomic E-state index is -0.571. The lowest BCUT2D eigenvalue weighted by atomic mass is 10.1. The SMILES string of the molecule is CC[N+](CC)=C1N=C2C(C(=O)N(C)C(=O)N2C)N1Cc1cccc(C)c1. The Morgan fingerprint density at radius 3 is 2.42 bits per heavy atom. The highest BCUT2D eigenvalue weighted by molar-refractivity contribution is 6.25. The highest BCUT2D eigenvalue weighted by atomic mass is 16.2. The van der Waals surface area contributed by atoms with Gasteiger partial charge in [0.15, 0.2) is 0 Å². The normalized spacial score (nSPS) is 19.9. The summed E-state index contributed by atoms with van der Waals surface area (Å²) < 4.78 is 2.12. The minimum Gasteiger partial charge on any atom is -0.270 e. The fourth-order valence-corrected chi connectivity index (χ4v) is 3.51. The van der Waals surface area contributed by atoms with E-state index in [0.717, 1.165) is 24.6 Å². The first kappa shape index (κ1) is 18.1. The fourth-order valence-electron chi connectivity index (χ4n) is 3.51. The lowest BCUT2D eigenvalue weighted by Crippen LogP contribution is -2.62. The van der Waals surface area contributed by atoms with Crippen molar-refractivity contribution in [1.82, 2.24) is 14.7 Å². The molecule has 0 N–H and O–H groups in total. The molecule has 2 heterocycles. The Morgan fingerprint density at radius 1 is 1.12 bits per heavy atom. The van der Waals surface area contributed by atoms with Gasteiger partial charge in [0.25, 0.3) is 5.91 Å². The third kappa shape index (κ3) is 2.87. The second kappa shape index (κ2) is 6.90. The Morgan fingerprint density at radius 2 is 1.81 bits per heavy atom. The van der Waals surface area contributed by atoms with Crippen molar-refractivity contribution in [3.63, 3.8) is 0 Å². The quantitative estimate of drug-likeness (QED) is 0.769. The Bertz CT molecular complexity index is 808. The van der Waals surface area contributed by atoms with Gasteiger partial charge in [0.2, 0.25) is 11.9 Å². The van der Waals surface area contributed by atoms with Gasteiger partial charge >= 0.3 is 12.0 Å². The molecule has 0 saturated carbocycles. The van der Waals surface area contributed by atoms with Crippen LogP contribution >= 0.6 is 0 Å². The molecule has 1 aromatic rings. The topological polar surface area (TPSA) is 59.2 Å². The van der Waals surface area contributed by atoms with Crippen LogP contribution in [0, 0.1) is 6.92 Å². The first-order chi connectivity index (χ1) is 12.4. The number of likely N-dealkylation sites (N-methyl/N-ethyl adjacent to an activating group) is 2. The molecule has 1 saturated heterocycles. The van der Waals surface area contributed by atoms with Crippen LogP contribution in [-0.2, 0) is 11.3 Å². The fraction of sp³-hybridized carbons (Fsp3) is 0.474. The van der Waals surface area contributed by atoms with Gasteiger partial charge < -0.3 is 0 Å². The van der Waals surface area contributed by atoms with E-state index in [1.54, 1.807) is 7.05 Å². The number of benzene rings is 1. The van der Waals surface area contributed by atoms with Gasteiger partial charge in [-0.2, -0.15) is 0 Å². The number of rotatable bonds is 4. The Kier molecular flexibility index (Phi) is 4.80. The second-order valence-electron chi connectivity index (χ2n) is 6.70. The van der Waals surface area contributed by atoms with Gasteiger partial charge in [-0.15, -0.1) is 0 Å². The summed E-state index contributed by atoms with van der Waals surface area (Å²) in [6.07, 6.45) is 0. The van der Waals surface area contributed by atoms with E-state index in [-0.39, 0.29) is 11.9 Å². The number of amidine groups is 1. The maximum atomic E-state index is 12.9. The number of aliphatic imine (C=N–C) groups is 1. The molecule has 3 amide bonds. The largest absolute Gasteiger partial charge is 0.392 e. The van der Waals surface area contributed by atoms with E-state index in [4.69, 9.17) is 4.99 Å². The molecule has 0 bridgehead atoms. The molecule has 0 aliphatic carbocycles. The third-order valence-corrected chi connectivity index (χ3v) is 4.99. The van der Waals surface area contributed by atoms with Gasteiger partial charge in [-0.1, -0.05) is 34.8 Å². The van der Waals surface area contributed by atoms with Gasteiger partial charge in [-0.3, -0.25) is 19.2 Å². The van der Waals surface area contributed by atoms with Crippen molar-refractivity contribution in [3.8, 4) is 0 Å². The summed E-state index contributed by atoms with van der Waals surface area (Å²) in [6.45, 7) is 8.30. The summed E-state index contributed by atoms with van der Waals surface area (Å²) in [5, 5.41) is 0. The summed E-state index contributed by atoms with van der Waals surface area (Å²) in [7, 11) is 3.20. The number of fused-ring (bicyclic) bond motifs is 1. The standard InChI is InChI=1S/C19H26N5O2/c1-6-23(7-2)18-20-16-15(17(25)22(5)19(26)21(16)4)24(18)12-14-10-8-9-13(3)11-14/h8-11,15H,6-7,12H2,1-5H3/q+1. The van der Waals surface area contributed by atoms with Crippen molar-refractivity contribution in [2.24, 2.45) is 4.99 Å². The number of guanidine groups is 1. The molecule has 1 fully saturated rings. The van der Waals surface area contributed by atoms with Crippen LogP contribution in [0.1, 0.15) is 25.0 Å². The van der Waals surface area contributed by atoms with Gasteiger partial charge in [0, 0.05) is 14.1 Å². The molecule has 7 heteroatoms. The Labute approximate surface area is 154 Å². The van der Waals surface area contributed by atoms with Crippen molar-refractivity contribution in [2.45, 2.75) is 33.4 Å². The predicted octanol–water partition coefficient (Wildman–Crippen LogP) is 1.51. The van der Waals surface area contributed by atoms with Crippen molar-refractivity contribution in [3.05, 3.63) is 35.4 Å². The number of carbonyl (C=O) groups excluding carboxylic acids is 2. The summed E-state index contributed by atoms with van der Waals surface area (Å²) in [5.41, 5.74) is 2.28. The van der Waals surface area contributed by atoms with E-state index in [2.05, 4.69) is 43.5 Å². The zero-order valence-electron chi connectivity index (χ0n) is 16.1. The molecule has 0 radical (unpaired) electrons. The molecule has 1 aromatic carbocycles. The molecule has 1 unspecified atom stereocenters. The number of hydrogen-bond acceptors (Lipinski definition) is 2. The van der Waals surface area contributed by atoms with Gasteiger partial charge in [-0.25, -0.2) is 9.69 Å². The Balaban J connectivity index is 2.08. The summed E-state index contributed by atoms with van der Waals surface area (Å²) in [5.74, 6) is 1.02. The number of nitrogens with zero attached hydrogens (tertiary/aromatic N) is 5. The zero-order chi connectivity index (χ0) is 19.0. The van der Waals surface area contributed by atoms with Crippen LogP contribution in [0.5, 0.6) is 0 Å². The second-order valence-corrected chi connectivity index (χ2v) is 6.70. The van der Waals surface area contributed by atoms with E-state index >= 15 is 0 Å². The van der Waals surface area contributed by atoms with Crippen molar-refractivity contribution in [2.75, 3.05) is 27.2 Å². The first-order valence-electron chi connectivity index (χ1n) is 8.96. The highest BCUT2D eigenvalue weighted by Crippen LogP contribution is 2.25. The maximum Gasteiger partial charge on any atom is 0.392 e. The summed E-state index contributed by atoms with van der Waals surface area (Å²) >= 11 is 0. The molecular weight excluding hydrogens is 330 g/mol. The number of carbonyl (C=O) groups is 2. The van der Waals surface area contributed by atoms with E-state index in [0.29, 0.717) is 12.4 Å². The average Bonchev–Trinajstić information content (AvgIpc) is 2.99. The monoisotopic (exact) mass is 356 g/mol. The van der Waals surface area contributed by atoms with E-state index < -0.39 is 6.04 Å². The molecule has 0 aromatic heterocycles. The zero-order valence-corrected chi connectivity index (χ0v) is 16.1. The van der Waals surface area contributed by atoms with Gasteiger partial charge in [0.1, 0.15) is 0 Å². The van der Waals surface area contributed by atoms with Crippen molar-refractivity contribution >= 4 is 23.7 Å². The van der Waals surface area contributed by atoms with Gasteiger partial charge in [-0.05, 0) is 26.3 Å². The highest BCUT2D eigenvalue weighted by Gasteiger charge is 2.55. The Hall–Kier alpha value is -2.70. The molecule has 7 nitrogen and oxygen atoms in total. The van der Waals surface area contributed by atoms with E-state index in [1.807, 2.05) is 11.0 Å². The van der Waals surface area contributed by atoms with Crippen LogP contribution in [-0.4, -0.2) is 76.2 Å². The van der Waals surface area contributed by atoms with Crippen LogP contribution in [0.2, 0.25) is 0 Å². The number of amides is 3. The van der Waals surface area contributed by atoms with E-state index in [9.17, 15) is 9.59 Å². The molecule has 1 atom stereocenters. The minimum absolute atomic E-state index is 0.235. The molecule has 0 spiro atoms. The predicted molar refractivity (Wildman–Crippen MR) is 100 cm³/mol. The molecule has 3 rings (SSSR count). The molecule has 26 heavy (non-hydrogen) atoms.